The van der Waals surface area contributed by atoms with Crippen LogP contribution >= 0.6 is 0 Å². The molecule has 0 aromatic carbocycles. The Hall–Kier alpha value is -0.0800. The molecule has 25 heavy (non-hydrogen) atoms. The van der Waals surface area contributed by atoms with Crippen LogP contribution in [0.1, 0.15) is 117 Å². The summed E-state index contributed by atoms with van der Waals surface area (Å²) in [6.07, 6.45) is 22.7. The van der Waals surface area contributed by atoms with Gasteiger partial charge in [0.2, 0.25) is 0 Å². The first kappa shape index (κ1) is 23.0. The third-order valence-corrected chi connectivity index (χ3v) is 6.04. The van der Waals surface area contributed by atoms with E-state index in [9.17, 15) is 0 Å². The van der Waals surface area contributed by atoms with Crippen LogP contribution in [0.5, 0.6) is 0 Å². The monoisotopic (exact) mass is 353 g/mol. The van der Waals surface area contributed by atoms with Crippen molar-refractivity contribution in [2.24, 2.45) is 0 Å². The molecule has 1 aliphatic rings. The van der Waals surface area contributed by atoms with Crippen LogP contribution in [0.25, 0.3) is 0 Å². The molecule has 0 radical (unpaired) electrons. The molecule has 1 rings (SSSR count). The molecule has 2 unspecified atom stereocenters. The molecule has 0 aliphatic heterocycles. The van der Waals surface area contributed by atoms with E-state index >= 15 is 0 Å². The van der Waals surface area contributed by atoms with Crippen LogP contribution in [0, 0.1) is 0 Å². The summed E-state index contributed by atoms with van der Waals surface area (Å²) >= 11 is 0. The number of hydrogen-bond acceptors (Lipinski definition) is 2. The maximum atomic E-state index is 5.86. The topological polar surface area (TPSA) is 12.5 Å². The minimum Gasteiger partial charge on any atom is -0.380 e. The van der Waals surface area contributed by atoms with Crippen molar-refractivity contribution in [3.8, 4) is 0 Å². The van der Waals surface area contributed by atoms with Gasteiger partial charge in [-0.1, -0.05) is 90.9 Å². The molecule has 150 valence electrons. The highest BCUT2D eigenvalue weighted by atomic mass is 16.5. The smallest absolute Gasteiger partial charge is 0.0726 e. The van der Waals surface area contributed by atoms with E-state index in [4.69, 9.17) is 4.74 Å². The third kappa shape index (κ3) is 10.6. The van der Waals surface area contributed by atoms with E-state index in [0.29, 0.717) is 12.1 Å². The Morgan fingerprint density at radius 1 is 0.680 bits per heavy atom. The molecule has 2 heteroatoms. The molecule has 0 aromatic heterocycles. The lowest BCUT2D eigenvalue weighted by Crippen LogP contribution is -2.47. The van der Waals surface area contributed by atoms with Crippen LogP contribution in [0.4, 0.5) is 0 Å². The summed E-state index contributed by atoms with van der Waals surface area (Å²) in [4.78, 5) is 2.81. The zero-order valence-electron chi connectivity index (χ0n) is 17.7. The molecule has 1 fully saturated rings. The Balaban J connectivity index is 2.34. The van der Waals surface area contributed by atoms with Gasteiger partial charge in [0.1, 0.15) is 0 Å². The number of methoxy groups -OCH3 is 1. The zero-order valence-corrected chi connectivity index (χ0v) is 17.7. The van der Waals surface area contributed by atoms with Crippen LogP contribution in [-0.4, -0.2) is 37.2 Å². The third-order valence-electron chi connectivity index (χ3n) is 6.04. The number of unbranched alkanes of at least 4 members (excludes halogenated alkanes) is 10. The Labute approximate surface area is 159 Å². The van der Waals surface area contributed by atoms with Gasteiger partial charge in [-0.2, -0.15) is 0 Å². The van der Waals surface area contributed by atoms with E-state index in [1.165, 1.54) is 116 Å². The van der Waals surface area contributed by atoms with E-state index in [1.807, 2.05) is 7.11 Å². The number of rotatable bonds is 16. The first-order chi connectivity index (χ1) is 12.3. The van der Waals surface area contributed by atoms with Gasteiger partial charge in [0.15, 0.2) is 0 Å². The maximum absolute atomic E-state index is 5.86. The molecule has 0 aromatic rings. The fourth-order valence-electron chi connectivity index (χ4n) is 4.40. The van der Waals surface area contributed by atoms with Gasteiger partial charge in [-0.3, -0.25) is 4.90 Å². The molecule has 1 aliphatic carbocycles. The van der Waals surface area contributed by atoms with Gasteiger partial charge in [-0.05, 0) is 38.8 Å². The van der Waals surface area contributed by atoms with Crippen LogP contribution < -0.4 is 0 Å². The lowest BCUT2D eigenvalue weighted by atomic mass is 9.90. The molecule has 0 N–H and O–H groups in total. The summed E-state index contributed by atoms with van der Waals surface area (Å²) in [5.74, 6) is 0. The Morgan fingerprint density at radius 3 is 1.68 bits per heavy atom. The number of hydrogen-bond donors (Lipinski definition) is 0. The molecule has 0 heterocycles. The quantitative estimate of drug-likeness (QED) is 0.278. The van der Waals surface area contributed by atoms with Crippen molar-refractivity contribution < 1.29 is 4.74 Å². The summed E-state index contributed by atoms with van der Waals surface area (Å²) in [6, 6.07) is 0.685. The first-order valence-corrected chi connectivity index (χ1v) is 11.6. The minimum atomic E-state index is 0.480. The summed E-state index contributed by atoms with van der Waals surface area (Å²) < 4.78 is 5.86. The summed E-state index contributed by atoms with van der Waals surface area (Å²) in [5.41, 5.74) is 0. The van der Waals surface area contributed by atoms with Crippen LogP contribution in [0.3, 0.4) is 0 Å². The van der Waals surface area contributed by atoms with Gasteiger partial charge in [0.25, 0.3) is 0 Å². The van der Waals surface area contributed by atoms with Gasteiger partial charge in [0, 0.05) is 13.2 Å². The molecule has 0 bridgehead atoms. The van der Waals surface area contributed by atoms with E-state index < -0.39 is 0 Å². The summed E-state index contributed by atoms with van der Waals surface area (Å²) in [6.45, 7) is 7.20. The van der Waals surface area contributed by atoms with Crippen LogP contribution in [0.2, 0.25) is 0 Å². The SMILES string of the molecule is CCCCCCCCN(CCCCCCCC)C1CCCCC1OC. The average Bonchev–Trinajstić information content (AvgIpc) is 2.65. The maximum Gasteiger partial charge on any atom is 0.0726 e. The number of nitrogens with zero attached hydrogens (tertiary/aromatic N) is 1. The van der Waals surface area contributed by atoms with Gasteiger partial charge < -0.3 is 4.74 Å². The van der Waals surface area contributed by atoms with Crippen LogP contribution in [0.15, 0.2) is 0 Å². The lowest BCUT2D eigenvalue weighted by molar-refractivity contribution is -0.0123. The zero-order chi connectivity index (χ0) is 18.2. The normalized spacial score (nSPS) is 21.1. The van der Waals surface area contributed by atoms with Gasteiger partial charge >= 0.3 is 0 Å². The predicted octanol–water partition coefficient (Wildman–Crippen LogP) is 6.97. The van der Waals surface area contributed by atoms with E-state index in [-0.39, 0.29) is 0 Å². The highest BCUT2D eigenvalue weighted by molar-refractivity contribution is 4.84. The van der Waals surface area contributed by atoms with Crippen molar-refractivity contribution >= 4 is 0 Å². The summed E-state index contributed by atoms with van der Waals surface area (Å²) in [7, 11) is 1.93. The lowest BCUT2D eigenvalue weighted by Gasteiger charge is -2.39. The second kappa shape index (κ2) is 16.1. The first-order valence-electron chi connectivity index (χ1n) is 11.6. The molecular weight excluding hydrogens is 306 g/mol. The average molecular weight is 354 g/mol. The molecule has 0 spiro atoms. The standard InChI is InChI=1S/C23H47NO/c1-4-6-8-10-12-16-20-24(21-17-13-11-9-7-5-2)22-18-14-15-19-23(22)25-3/h22-23H,4-21H2,1-3H3. The summed E-state index contributed by atoms with van der Waals surface area (Å²) in [5, 5.41) is 0. The second-order valence-corrected chi connectivity index (χ2v) is 8.20. The number of ether oxygens (including phenoxy) is 1. The van der Waals surface area contributed by atoms with Crippen molar-refractivity contribution in [1.82, 2.24) is 4.90 Å². The van der Waals surface area contributed by atoms with Crippen molar-refractivity contribution in [2.75, 3.05) is 20.2 Å². The van der Waals surface area contributed by atoms with E-state index in [0.717, 1.165) is 0 Å². The molecular formula is C23H47NO. The predicted molar refractivity (Wildman–Crippen MR) is 111 cm³/mol. The highest BCUT2D eigenvalue weighted by Gasteiger charge is 2.29. The Kier molecular flexibility index (Phi) is 14.8. The van der Waals surface area contributed by atoms with Crippen molar-refractivity contribution in [3.63, 3.8) is 0 Å². The van der Waals surface area contributed by atoms with E-state index in [1.54, 1.807) is 0 Å². The van der Waals surface area contributed by atoms with E-state index in [2.05, 4.69) is 18.7 Å². The fraction of sp³-hybridized carbons (Fsp3) is 1.00. The van der Waals surface area contributed by atoms with Crippen molar-refractivity contribution in [1.29, 1.82) is 0 Å². The Morgan fingerprint density at radius 2 is 1.16 bits per heavy atom. The minimum absolute atomic E-state index is 0.480. The van der Waals surface area contributed by atoms with Gasteiger partial charge in [0.05, 0.1) is 6.10 Å². The van der Waals surface area contributed by atoms with Gasteiger partial charge in [-0.25, -0.2) is 0 Å². The second-order valence-electron chi connectivity index (χ2n) is 8.20. The molecule has 2 atom stereocenters. The molecule has 1 saturated carbocycles. The molecule has 0 amide bonds. The molecule has 0 saturated heterocycles. The van der Waals surface area contributed by atoms with Crippen molar-refractivity contribution in [3.05, 3.63) is 0 Å². The molecule has 2 nitrogen and oxygen atoms in total. The fourth-order valence-corrected chi connectivity index (χ4v) is 4.40. The Bertz CT molecular complexity index is 265. The largest absolute Gasteiger partial charge is 0.380 e. The van der Waals surface area contributed by atoms with Gasteiger partial charge in [-0.15, -0.1) is 0 Å². The van der Waals surface area contributed by atoms with Crippen molar-refractivity contribution in [2.45, 2.75) is 129 Å². The van der Waals surface area contributed by atoms with Crippen LogP contribution in [-0.2, 0) is 4.74 Å². The highest BCUT2D eigenvalue weighted by Crippen LogP contribution is 2.26.